The Bertz CT molecular complexity index is 339. The van der Waals surface area contributed by atoms with Gasteiger partial charge in [0.25, 0.3) is 5.91 Å². The Morgan fingerprint density at radius 2 is 2.14 bits per heavy atom. The van der Waals surface area contributed by atoms with Gasteiger partial charge in [0.1, 0.15) is 5.75 Å². The molecule has 0 atom stereocenters. The van der Waals surface area contributed by atoms with Crippen molar-refractivity contribution in [3.05, 3.63) is 23.8 Å². The number of hydrogen-bond acceptors (Lipinski definition) is 2. The van der Waals surface area contributed by atoms with Crippen LogP contribution in [0.15, 0.2) is 18.2 Å². The lowest BCUT2D eigenvalue weighted by Crippen LogP contribution is -2.25. The van der Waals surface area contributed by atoms with Crippen molar-refractivity contribution in [2.45, 2.75) is 20.8 Å². The number of ether oxygens (including phenoxy) is 1. The number of amides is 1. The van der Waals surface area contributed by atoms with Crippen molar-refractivity contribution in [2.24, 2.45) is 0 Å². The minimum Gasteiger partial charge on any atom is -0.482 e. The molecule has 1 aliphatic heterocycles. The molecule has 14 heavy (non-hydrogen) atoms. The second kappa shape index (κ2) is 4.65. The van der Waals surface area contributed by atoms with Crippen molar-refractivity contribution in [1.29, 1.82) is 0 Å². The van der Waals surface area contributed by atoms with E-state index in [4.69, 9.17) is 4.74 Å². The van der Waals surface area contributed by atoms with Crippen LogP contribution < -0.4 is 10.1 Å². The van der Waals surface area contributed by atoms with Gasteiger partial charge >= 0.3 is 0 Å². The van der Waals surface area contributed by atoms with Crippen LogP contribution in [0.2, 0.25) is 0 Å². The molecule has 0 aromatic heterocycles. The first kappa shape index (κ1) is 10.6. The van der Waals surface area contributed by atoms with Crippen molar-refractivity contribution in [1.82, 2.24) is 0 Å². The molecule has 2 rings (SSSR count). The van der Waals surface area contributed by atoms with E-state index in [9.17, 15) is 4.79 Å². The summed E-state index contributed by atoms with van der Waals surface area (Å²) in [6, 6.07) is 5.72. The Hall–Kier alpha value is -1.51. The fourth-order valence-electron chi connectivity index (χ4n) is 1.20. The summed E-state index contributed by atoms with van der Waals surface area (Å²) in [5.74, 6) is 0.660. The molecule has 0 fully saturated rings. The molecule has 0 saturated heterocycles. The van der Waals surface area contributed by atoms with E-state index in [-0.39, 0.29) is 13.9 Å². The number of carbonyl (C=O) groups is 1. The first-order valence-electron chi connectivity index (χ1n) is 4.79. The Morgan fingerprint density at radius 3 is 2.86 bits per heavy atom. The summed E-state index contributed by atoms with van der Waals surface area (Å²) in [6.07, 6.45) is 0. The summed E-state index contributed by atoms with van der Waals surface area (Å²) in [6.45, 7) is 6.09. The van der Waals surface area contributed by atoms with Crippen LogP contribution >= 0.6 is 0 Å². The number of hydrogen-bond donors (Lipinski definition) is 1. The maximum absolute atomic E-state index is 10.9. The average Bonchev–Trinajstić information content (AvgIpc) is 2.20. The molecule has 0 spiro atoms. The molecule has 1 heterocycles. The highest BCUT2D eigenvalue weighted by molar-refractivity contribution is 5.95. The fraction of sp³-hybridized carbons (Fsp3) is 0.364. The minimum atomic E-state index is -0.0897. The molecule has 0 radical (unpaired) electrons. The predicted octanol–water partition coefficient (Wildman–Crippen LogP) is 2.60. The van der Waals surface area contributed by atoms with Crippen molar-refractivity contribution in [3.8, 4) is 5.75 Å². The first-order valence-corrected chi connectivity index (χ1v) is 4.79. The Kier molecular flexibility index (Phi) is 3.51. The summed E-state index contributed by atoms with van der Waals surface area (Å²) >= 11 is 0. The van der Waals surface area contributed by atoms with Gasteiger partial charge in [-0.25, -0.2) is 0 Å². The minimum absolute atomic E-state index is 0. The summed E-state index contributed by atoms with van der Waals surface area (Å²) < 4.78 is 5.18. The molecule has 1 amide bonds. The van der Waals surface area contributed by atoms with Gasteiger partial charge in [0.2, 0.25) is 0 Å². The van der Waals surface area contributed by atoms with E-state index in [0.29, 0.717) is 0 Å². The third-order valence-electron chi connectivity index (χ3n) is 1.77. The first-order chi connectivity index (χ1) is 6.75. The van der Waals surface area contributed by atoms with E-state index in [1.807, 2.05) is 39.0 Å². The van der Waals surface area contributed by atoms with Crippen LogP contribution in [0.25, 0.3) is 0 Å². The van der Waals surface area contributed by atoms with Crippen LogP contribution in [0.3, 0.4) is 0 Å². The number of rotatable bonds is 0. The lowest BCUT2D eigenvalue weighted by molar-refractivity contribution is -0.118. The van der Waals surface area contributed by atoms with Gasteiger partial charge in [-0.1, -0.05) is 19.9 Å². The number of carbonyl (C=O) groups excluding carboxylic acids is 1. The molecule has 0 aliphatic carbocycles. The number of anilines is 1. The predicted molar refractivity (Wildman–Crippen MR) is 58.8 cm³/mol. The maximum atomic E-state index is 10.9. The molecule has 78 valence electrons. The summed E-state index contributed by atoms with van der Waals surface area (Å²) in [4.78, 5) is 10.9. The van der Waals surface area contributed by atoms with E-state index in [2.05, 4.69) is 5.32 Å². The topological polar surface area (TPSA) is 38.3 Å². The van der Waals surface area contributed by atoms with Gasteiger partial charge in [-0.15, -0.1) is 0 Å². The highest BCUT2D eigenvalue weighted by Gasteiger charge is 2.14. The molecule has 1 aromatic carbocycles. The smallest absolute Gasteiger partial charge is 0.262 e. The van der Waals surface area contributed by atoms with Crippen LogP contribution in [-0.4, -0.2) is 12.5 Å². The zero-order valence-corrected chi connectivity index (χ0v) is 8.76. The Balaban J connectivity index is 0.000000617. The molecule has 0 bridgehead atoms. The number of aryl methyl sites for hydroxylation is 1. The largest absolute Gasteiger partial charge is 0.482 e. The molecule has 1 aliphatic rings. The van der Waals surface area contributed by atoms with Gasteiger partial charge in [0.15, 0.2) is 6.61 Å². The van der Waals surface area contributed by atoms with E-state index in [1.165, 1.54) is 0 Å². The zero-order valence-electron chi connectivity index (χ0n) is 8.76. The number of nitrogens with one attached hydrogen (secondary N) is 1. The molecule has 1 aromatic rings. The highest BCUT2D eigenvalue weighted by Crippen LogP contribution is 2.27. The zero-order chi connectivity index (χ0) is 10.6. The third kappa shape index (κ3) is 2.25. The van der Waals surface area contributed by atoms with Crippen LogP contribution in [0.5, 0.6) is 5.75 Å². The summed E-state index contributed by atoms with van der Waals surface area (Å²) in [5.41, 5.74) is 1.88. The number of benzene rings is 1. The monoisotopic (exact) mass is 195 g/mol. The molecule has 3 nitrogen and oxygen atoms in total. The van der Waals surface area contributed by atoms with Gasteiger partial charge in [0, 0.05) is 1.43 Å². The van der Waals surface area contributed by atoms with E-state index in [0.717, 1.165) is 17.0 Å². The van der Waals surface area contributed by atoms with E-state index >= 15 is 0 Å². The van der Waals surface area contributed by atoms with Crippen LogP contribution in [0.4, 0.5) is 5.69 Å². The average molecular weight is 195 g/mol. The quantitative estimate of drug-likeness (QED) is 0.691. The van der Waals surface area contributed by atoms with Gasteiger partial charge in [-0.05, 0) is 24.6 Å². The van der Waals surface area contributed by atoms with Crippen molar-refractivity contribution >= 4 is 11.6 Å². The van der Waals surface area contributed by atoms with Crippen LogP contribution in [0, 0.1) is 6.92 Å². The van der Waals surface area contributed by atoms with Gasteiger partial charge in [0.05, 0.1) is 5.69 Å². The molecule has 3 heteroatoms. The van der Waals surface area contributed by atoms with Gasteiger partial charge in [-0.2, -0.15) is 0 Å². The van der Waals surface area contributed by atoms with Crippen LogP contribution in [0.1, 0.15) is 20.8 Å². The van der Waals surface area contributed by atoms with E-state index in [1.54, 1.807) is 0 Å². The van der Waals surface area contributed by atoms with Crippen molar-refractivity contribution in [3.63, 3.8) is 0 Å². The molecular formula is C11H17NO2. The molecular weight excluding hydrogens is 178 g/mol. The Labute approximate surface area is 85.6 Å². The van der Waals surface area contributed by atoms with Crippen LogP contribution in [-0.2, 0) is 4.79 Å². The summed E-state index contributed by atoms with van der Waals surface area (Å²) in [7, 11) is 0. The standard InChI is InChI=1S/C9H9NO2.C2H6.H2/c1-6-2-3-8-7(4-6)10-9(11)5-12-8;1-2;/h2-4H,5H2,1H3,(H,10,11);1-2H3;1H. The molecule has 0 saturated carbocycles. The highest BCUT2D eigenvalue weighted by atomic mass is 16.5. The Morgan fingerprint density at radius 1 is 1.43 bits per heavy atom. The lowest BCUT2D eigenvalue weighted by Gasteiger charge is -2.17. The number of fused-ring (bicyclic) bond motifs is 1. The lowest BCUT2D eigenvalue weighted by atomic mass is 10.2. The third-order valence-corrected chi connectivity index (χ3v) is 1.77. The van der Waals surface area contributed by atoms with Gasteiger partial charge < -0.3 is 10.1 Å². The second-order valence-corrected chi connectivity index (χ2v) is 2.84. The summed E-state index contributed by atoms with van der Waals surface area (Å²) in [5, 5.41) is 2.74. The fourth-order valence-corrected chi connectivity index (χ4v) is 1.20. The second-order valence-electron chi connectivity index (χ2n) is 2.84. The molecule has 1 N–H and O–H groups in total. The normalized spacial score (nSPS) is 12.9. The maximum Gasteiger partial charge on any atom is 0.262 e. The molecule has 0 unspecified atom stereocenters. The SMILES string of the molecule is CC.Cc1ccc2c(c1)NC(=O)CO2.[HH]. The van der Waals surface area contributed by atoms with Crippen molar-refractivity contribution < 1.29 is 11.0 Å². The van der Waals surface area contributed by atoms with Gasteiger partial charge in [-0.3, -0.25) is 4.79 Å². The van der Waals surface area contributed by atoms with E-state index < -0.39 is 0 Å². The van der Waals surface area contributed by atoms with Crippen molar-refractivity contribution in [2.75, 3.05) is 11.9 Å².